The molecule has 104 valence electrons. The van der Waals surface area contributed by atoms with Crippen molar-refractivity contribution in [3.63, 3.8) is 0 Å². The van der Waals surface area contributed by atoms with Crippen molar-refractivity contribution in [3.8, 4) is 0 Å². The van der Waals surface area contributed by atoms with E-state index >= 15 is 0 Å². The first-order valence-corrected chi connectivity index (χ1v) is 7.43. The van der Waals surface area contributed by atoms with Gasteiger partial charge in [-0.3, -0.25) is 0 Å². The molecule has 0 N–H and O–H groups in total. The molecule has 0 saturated carbocycles. The van der Waals surface area contributed by atoms with Gasteiger partial charge in [0.2, 0.25) is 0 Å². The maximum Gasteiger partial charge on any atom is -1.00 e. The fourth-order valence-corrected chi connectivity index (χ4v) is 2.00. The molecule has 3 rings (SSSR count). The second-order valence-electron chi connectivity index (χ2n) is 4.70. The summed E-state index contributed by atoms with van der Waals surface area (Å²) in [4.78, 5) is 0. The van der Waals surface area contributed by atoms with Crippen molar-refractivity contribution in [2.45, 2.75) is 20.3 Å². The van der Waals surface area contributed by atoms with Crippen LogP contribution in [-0.4, -0.2) is 3.21 Å². The SMILES string of the molecule is C1=CCC(c2cc3ccccc3[cH-]2)=C1.C[C](C)=[Zr+2].[Cl-].[Cl-]. The van der Waals surface area contributed by atoms with Gasteiger partial charge < -0.3 is 24.8 Å². The Morgan fingerprint density at radius 2 is 1.80 bits per heavy atom. The van der Waals surface area contributed by atoms with Gasteiger partial charge in [-0.25, -0.2) is 0 Å². The zero-order valence-electron chi connectivity index (χ0n) is 11.7. The van der Waals surface area contributed by atoms with Crippen LogP contribution in [0.15, 0.2) is 54.6 Å². The zero-order valence-corrected chi connectivity index (χ0v) is 15.6. The van der Waals surface area contributed by atoms with Crippen LogP contribution in [0.25, 0.3) is 16.3 Å². The Kier molecular flexibility index (Phi) is 9.39. The van der Waals surface area contributed by atoms with Gasteiger partial charge in [0.15, 0.2) is 0 Å². The summed E-state index contributed by atoms with van der Waals surface area (Å²) in [5.41, 5.74) is 2.80. The smallest absolute Gasteiger partial charge is 1.00 e. The minimum absolute atomic E-state index is 0. The Hall–Kier alpha value is -0.357. The van der Waals surface area contributed by atoms with E-state index in [1.807, 2.05) is 0 Å². The molecule has 0 heterocycles. The zero-order chi connectivity index (χ0) is 13.0. The third kappa shape index (κ3) is 5.56. The van der Waals surface area contributed by atoms with Crippen molar-refractivity contribution < 1.29 is 49.0 Å². The second-order valence-corrected chi connectivity index (χ2v) is 7.16. The Morgan fingerprint density at radius 1 is 1.15 bits per heavy atom. The maximum absolute atomic E-state index is 2.27. The van der Waals surface area contributed by atoms with E-state index in [0.717, 1.165) is 6.42 Å². The van der Waals surface area contributed by atoms with Crippen LogP contribution in [0.4, 0.5) is 0 Å². The van der Waals surface area contributed by atoms with Crippen LogP contribution in [-0.2, 0) is 24.2 Å². The Bertz CT molecular complexity index is 584. The van der Waals surface area contributed by atoms with Crippen LogP contribution in [0.3, 0.4) is 0 Å². The first-order valence-electron chi connectivity index (χ1n) is 6.20. The van der Waals surface area contributed by atoms with Crippen LogP contribution >= 0.6 is 0 Å². The van der Waals surface area contributed by atoms with E-state index < -0.39 is 0 Å². The van der Waals surface area contributed by atoms with Gasteiger partial charge in [-0.15, -0.1) is 40.1 Å². The summed E-state index contributed by atoms with van der Waals surface area (Å²) in [7, 11) is 0. The molecule has 1 aliphatic rings. The summed E-state index contributed by atoms with van der Waals surface area (Å²) in [5.74, 6) is 0. The predicted molar refractivity (Wildman–Crippen MR) is 77.6 cm³/mol. The third-order valence-corrected chi connectivity index (χ3v) is 2.76. The summed E-state index contributed by atoms with van der Waals surface area (Å²) in [6, 6.07) is 13.1. The van der Waals surface area contributed by atoms with Gasteiger partial charge >= 0.3 is 41.3 Å². The minimum atomic E-state index is 0. The van der Waals surface area contributed by atoms with Crippen molar-refractivity contribution in [2.24, 2.45) is 0 Å². The van der Waals surface area contributed by atoms with Gasteiger partial charge in [0.05, 0.1) is 0 Å². The van der Waals surface area contributed by atoms with Crippen molar-refractivity contribution in [2.75, 3.05) is 0 Å². The van der Waals surface area contributed by atoms with Gasteiger partial charge in [-0.05, 0) is 6.42 Å². The van der Waals surface area contributed by atoms with Gasteiger partial charge in [0.1, 0.15) is 0 Å². The largest absolute Gasteiger partial charge is 1.00 e. The van der Waals surface area contributed by atoms with E-state index in [9.17, 15) is 0 Å². The average Bonchev–Trinajstić information content (AvgIpc) is 2.97. The number of allylic oxidation sites excluding steroid dienone is 4. The van der Waals surface area contributed by atoms with Crippen molar-refractivity contribution in [1.82, 2.24) is 0 Å². The number of hydrogen-bond donors (Lipinski definition) is 0. The number of halogens is 2. The summed E-state index contributed by atoms with van der Waals surface area (Å²) in [6.07, 6.45) is 7.62. The topological polar surface area (TPSA) is 0 Å². The molecule has 0 bridgehead atoms. The number of benzene rings is 1. The molecule has 0 saturated heterocycles. The summed E-state index contributed by atoms with van der Waals surface area (Å²) in [5, 5.41) is 2.69. The van der Waals surface area contributed by atoms with Crippen LogP contribution in [0.5, 0.6) is 0 Å². The molecule has 0 unspecified atom stereocenters. The first-order chi connectivity index (χ1) is 8.66. The monoisotopic (exact) mass is 381 g/mol. The molecule has 0 radical (unpaired) electrons. The quantitative estimate of drug-likeness (QED) is 0.535. The van der Waals surface area contributed by atoms with Gasteiger partial charge in [0.25, 0.3) is 0 Å². The number of hydrogen-bond acceptors (Lipinski definition) is 0. The molecule has 0 aliphatic heterocycles. The molecule has 0 spiro atoms. The molecular formula is C17H17Cl2Zr-. The minimum Gasteiger partial charge on any atom is -1.00 e. The standard InChI is InChI=1S/C14H11.C3H6.2ClH.Zr/c1-2-6-11(5-1)14-9-12-7-3-4-8-13(12)10-14;1-3-2;;;/h1-5,7-10H,6H2;1-2H3;2*1H;/q-1;;;;+2/p-2. The van der Waals surface area contributed by atoms with Gasteiger partial charge in [0, 0.05) is 0 Å². The van der Waals surface area contributed by atoms with Crippen LogP contribution in [0.2, 0.25) is 0 Å². The maximum atomic E-state index is 2.27. The van der Waals surface area contributed by atoms with E-state index in [1.165, 1.54) is 25.1 Å². The summed E-state index contributed by atoms with van der Waals surface area (Å²) in [6.45, 7) is 4.25. The molecule has 20 heavy (non-hydrogen) atoms. The molecule has 2 aromatic carbocycles. The number of rotatable bonds is 1. The van der Waals surface area contributed by atoms with E-state index in [4.69, 9.17) is 0 Å². The summed E-state index contributed by atoms with van der Waals surface area (Å²) >= 11 is 1.55. The molecule has 3 heteroatoms. The molecule has 0 nitrogen and oxygen atoms in total. The van der Waals surface area contributed by atoms with Crippen LogP contribution < -0.4 is 24.8 Å². The Morgan fingerprint density at radius 3 is 2.35 bits per heavy atom. The Labute approximate surface area is 148 Å². The number of fused-ring (bicyclic) bond motifs is 1. The summed E-state index contributed by atoms with van der Waals surface area (Å²) < 4.78 is 1.51. The third-order valence-electron chi connectivity index (χ3n) is 2.76. The van der Waals surface area contributed by atoms with Crippen molar-refractivity contribution in [1.29, 1.82) is 0 Å². The van der Waals surface area contributed by atoms with Crippen LogP contribution in [0.1, 0.15) is 25.8 Å². The van der Waals surface area contributed by atoms with Gasteiger partial charge in [-0.1, -0.05) is 36.4 Å². The predicted octanol–water partition coefficient (Wildman–Crippen LogP) is -1.34. The molecule has 2 aromatic rings. The normalized spacial score (nSPS) is 11.9. The molecular weight excluding hydrogens is 366 g/mol. The molecule has 0 atom stereocenters. The van der Waals surface area contributed by atoms with E-state index in [-0.39, 0.29) is 24.8 Å². The van der Waals surface area contributed by atoms with Gasteiger partial charge in [-0.2, -0.15) is 0 Å². The van der Waals surface area contributed by atoms with Crippen molar-refractivity contribution in [3.05, 3.63) is 60.2 Å². The molecule has 0 amide bonds. The molecule has 1 aliphatic carbocycles. The second kappa shape index (κ2) is 9.56. The first kappa shape index (κ1) is 19.6. The van der Waals surface area contributed by atoms with Crippen molar-refractivity contribution >= 4 is 19.6 Å². The average molecular weight is 383 g/mol. The Balaban J connectivity index is 0.000000542. The molecule has 0 fully saturated rings. The fraction of sp³-hybridized carbons (Fsp3) is 0.176. The fourth-order valence-electron chi connectivity index (χ4n) is 2.00. The van der Waals surface area contributed by atoms with E-state index in [0.29, 0.717) is 0 Å². The van der Waals surface area contributed by atoms with E-state index in [1.54, 1.807) is 24.2 Å². The van der Waals surface area contributed by atoms with Crippen LogP contribution in [0, 0.1) is 0 Å². The molecule has 0 aromatic heterocycles. The van der Waals surface area contributed by atoms with E-state index in [2.05, 4.69) is 68.5 Å².